The molecule has 0 radical (unpaired) electrons. The Labute approximate surface area is 119 Å². The summed E-state index contributed by atoms with van der Waals surface area (Å²) in [5, 5.41) is 11.2. The van der Waals surface area contributed by atoms with Gasteiger partial charge in [-0.3, -0.25) is 4.90 Å². The van der Waals surface area contributed by atoms with E-state index in [2.05, 4.69) is 5.32 Å². The smallest absolute Gasteiger partial charge is 0.371 e. The number of carboxylic acids is 1. The fourth-order valence-electron chi connectivity index (χ4n) is 1.70. The molecule has 6 nitrogen and oxygen atoms in total. The summed E-state index contributed by atoms with van der Waals surface area (Å²) < 4.78 is 18.5. The number of amides is 2. The molecule has 7 heteroatoms. The van der Waals surface area contributed by atoms with E-state index >= 15 is 0 Å². The zero-order valence-corrected chi connectivity index (χ0v) is 11.2. The van der Waals surface area contributed by atoms with Crippen LogP contribution in [0.4, 0.5) is 14.9 Å². The molecule has 0 fully saturated rings. The van der Waals surface area contributed by atoms with Crippen LogP contribution in [-0.4, -0.2) is 24.2 Å². The summed E-state index contributed by atoms with van der Waals surface area (Å²) in [5.41, 5.74) is 0.140. The van der Waals surface area contributed by atoms with Crippen molar-refractivity contribution in [1.82, 2.24) is 5.32 Å². The zero-order chi connectivity index (χ0) is 15.4. The molecule has 1 aromatic heterocycles. The van der Waals surface area contributed by atoms with E-state index in [1.54, 1.807) is 6.07 Å². The summed E-state index contributed by atoms with van der Waals surface area (Å²) in [6.07, 6.45) is 0. The number of anilines is 1. The van der Waals surface area contributed by atoms with Crippen LogP contribution in [0.1, 0.15) is 16.3 Å². The van der Waals surface area contributed by atoms with Crippen molar-refractivity contribution in [1.29, 1.82) is 0 Å². The number of rotatable bonds is 4. The van der Waals surface area contributed by atoms with Gasteiger partial charge < -0.3 is 14.8 Å². The number of aromatic carboxylic acids is 1. The molecule has 0 spiro atoms. The second-order valence-corrected chi connectivity index (χ2v) is 4.24. The quantitative estimate of drug-likeness (QED) is 0.906. The molecule has 0 unspecified atom stereocenters. The number of carbonyl (C=O) groups is 2. The van der Waals surface area contributed by atoms with E-state index in [1.165, 1.54) is 37.4 Å². The van der Waals surface area contributed by atoms with Gasteiger partial charge in [-0.1, -0.05) is 12.1 Å². The third-order valence-electron chi connectivity index (χ3n) is 2.80. The number of nitrogens with zero attached hydrogens (tertiary/aromatic N) is 1. The first-order valence-electron chi connectivity index (χ1n) is 6.07. The van der Waals surface area contributed by atoms with E-state index in [-0.39, 0.29) is 18.0 Å². The normalized spacial score (nSPS) is 10.2. The minimum atomic E-state index is -1.18. The average molecular weight is 292 g/mol. The van der Waals surface area contributed by atoms with Gasteiger partial charge in [0.05, 0.1) is 12.2 Å². The molecule has 0 saturated heterocycles. The highest BCUT2D eigenvalue weighted by atomic mass is 19.1. The molecule has 110 valence electrons. The Bertz CT molecular complexity index is 668. The first kappa shape index (κ1) is 14.6. The average Bonchev–Trinajstić information content (AvgIpc) is 2.93. The van der Waals surface area contributed by atoms with Crippen LogP contribution in [0.3, 0.4) is 0 Å². The van der Waals surface area contributed by atoms with Crippen LogP contribution in [0.25, 0.3) is 0 Å². The minimum Gasteiger partial charge on any atom is -0.475 e. The molecule has 2 rings (SSSR count). The lowest BCUT2D eigenvalue weighted by molar-refractivity contribution is 0.0660. The molecule has 2 N–H and O–H groups in total. The van der Waals surface area contributed by atoms with Crippen molar-refractivity contribution in [2.24, 2.45) is 0 Å². The molecule has 0 bridgehead atoms. The van der Waals surface area contributed by atoms with Crippen molar-refractivity contribution >= 4 is 17.7 Å². The molecule has 2 aromatic rings. The van der Waals surface area contributed by atoms with E-state index in [0.717, 1.165) is 4.90 Å². The fraction of sp³-hybridized carbons (Fsp3) is 0.143. The van der Waals surface area contributed by atoms with Crippen molar-refractivity contribution in [3.05, 3.63) is 53.7 Å². The maximum Gasteiger partial charge on any atom is 0.371 e. The van der Waals surface area contributed by atoms with Crippen molar-refractivity contribution in [2.45, 2.75) is 6.54 Å². The van der Waals surface area contributed by atoms with Gasteiger partial charge in [0, 0.05) is 7.05 Å². The largest absolute Gasteiger partial charge is 0.475 e. The van der Waals surface area contributed by atoms with Gasteiger partial charge in [-0.25, -0.2) is 14.0 Å². The van der Waals surface area contributed by atoms with Gasteiger partial charge in [0.15, 0.2) is 0 Å². The van der Waals surface area contributed by atoms with Crippen LogP contribution < -0.4 is 10.2 Å². The lowest BCUT2D eigenvalue weighted by atomic mass is 10.3. The Hall–Kier alpha value is -2.83. The number of nitrogens with one attached hydrogen (secondary N) is 1. The third-order valence-corrected chi connectivity index (χ3v) is 2.80. The van der Waals surface area contributed by atoms with Crippen LogP contribution in [-0.2, 0) is 6.54 Å². The fourth-order valence-corrected chi connectivity index (χ4v) is 1.70. The number of furan rings is 1. The number of urea groups is 1. The molecule has 21 heavy (non-hydrogen) atoms. The molecule has 1 aromatic carbocycles. The highest BCUT2D eigenvalue weighted by molar-refractivity contribution is 5.91. The van der Waals surface area contributed by atoms with Crippen molar-refractivity contribution < 1.29 is 23.5 Å². The summed E-state index contributed by atoms with van der Waals surface area (Å²) in [7, 11) is 1.43. The summed E-state index contributed by atoms with van der Waals surface area (Å²) in [4.78, 5) is 23.7. The monoisotopic (exact) mass is 292 g/mol. The van der Waals surface area contributed by atoms with Gasteiger partial charge in [-0.05, 0) is 24.3 Å². The maximum absolute atomic E-state index is 13.6. The van der Waals surface area contributed by atoms with Gasteiger partial charge in [0.25, 0.3) is 0 Å². The molecule has 0 saturated carbocycles. The summed E-state index contributed by atoms with van der Waals surface area (Å²) in [6.45, 7) is 0.00487. The van der Waals surface area contributed by atoms with Crippen LogP contribution in [0.15, 0.2) is 40.8 Å². The highest BCUT2D eigenvalue weighted by Crippen LogP contribution is 2.17. The van der Waals surface area contributed by atoms with Gasteiger partial charge in [0.1, 0.15) is 11.6 Å². The van der Waals surface area contributed by atoms with Gasteiger partial charge in [0.2, 0.25) is 5.76 Å². The first-order valence-corrected chi connectivity index (χ1v) is 6.07. The van der Waals surface area contributed by atoms with E-state index in [1.807, 2.05) is 0 Å². The van der Waals surface area contributed by atoms with Crippen molar-refractivity contribution in [2.75, 3.05) is 11.9 Å². The molecule has 0 atom stereocenters. The molecule has 2 amide bonds. The minimum absolute atomic E-state index is 0.00487. The van der Waals surface area contributed by atoms with E-state index in [4.69, 9.17) is 9.52 Å². The Morgan fingerprint density at radius 3 is 2.62 bits per heavy atom. The number of halogens is 1. The van der Waals surface area contributed by atoms with E-state index in [9.17, 15) is 14.0 Å². The SMILES string of the molecule is CN(C(=O)NCc1ccc(C(=O)O)o1)c1ccccc1F. The summed E-state index contributed by atoms with van der Waals surface area (Å²) in [5.74, 6) is -1.61. The molecular weight excluding hydrogens is 279 g/mol. The lowest BCUT2D eigenvalue weighted by Gasteiger charge is -2.18. The van der Waals surface area contributed by atoms with Gasteiger partial charge in [-0.15, -0.1) is 0 Å². The zero-order valence-electron chi connectivity index (χ0n) is 11.2. The first-order chi connectivity index (χ1) is 9.99. The van der Waals surface area contributed by atoms with E-state index < -0.39 is 17.8 Å². The number of carboxylic acid groups (broad SMARTS) is 1. The predicted molar refractivity (Wildman–Crippen MR) is 72.7 cm³/mol. The van der Waals surface area contributed by atoms with Crippen LogP contribution >= 0.6 is 0 Å². The molecule has 1 heterocycles. The summed E-state index contributed by atoms with van der Waals surface area (Å²) in [6, 6.07) is 8.09. The highest BCUT2D eigenvalue weighted by Gasteiger charge is 2.15. The predicted octanol–water partition coefficient (Wildman–Crippen LogP) is 2.46. The maximum atomic E-state index is 13.6. The molecule has 0 aliphatic heterocycles. The van der Waals surface area contributed by atoms with Gasteiger partial charge >= 0.3 is 12.0 Å². The van der Waals surface area contributed by atoms with Gasteiger partial charge in [-0.2, -0.15) is 0 Å². The number of hydrogen-bond acceptors (Lipinski definition) is 3. The van der Waals surface area contributed by atoms with Crippen LogP contribution in [0, 0.1) is 5.82 Å². The third kappa shape index (κ3) is 3.38. The second kappa shape index (κ2) is 6.08. The Morgan fingerprint density at radius 1 is 1.29 bits per heavy atom. The van der Waals surface area contributed by atoms with Crippen molar-refractivity contribution in [3.63, 3.8) is 0 Å². The number of para-hydroxylation sites is 1. The topological polar surface area (TPSA) is 82.8 Å². The van der Waals surface area contributed by atoms with E-state index in [0.29, 0.717) is 5.76 Å². The Morgan fingerprint density at radius 2 is 2.00 bits per heavy atom. The number of carbonyl (C=O) groups excluding carboxylic acids is 1. The van der Waals surface area contributed by atoms with Crippen molar-refractivity contribution in [3.8, 4) is 0 Å². The number of hydrogen-bond donors (Lipinski definition) is 2. The lowest BCUT2D eigenvalue weighted by Crippen LogP contribution is -2.37. The number of benzene rings is 1. The second-order valence-electron chi connectivity index (χ2n) is 4.24. The van der Waals surface area contributed by atoms with Crippen LogP contribution in [0.5, 0.6) is 0 Å². The molecule has 0 aliphatic carbocycles. The Kier molecular flexibility index (Phi) is 4.22. The molecule has 0 aliphatic rings. The molecular formula is C14H13FN2O4. The summed E-state index contributed by atoms with van der Waals surface area (Å²) >= 11 is 0. The standard InChI is InChI=1S/C14H13FN2O4/c1-17(11-5-3-2-4-10(11)15)14(20)16-8-9-6-7-12(21-9)13(18)19/h2-7H,8H2,1H3,(H,16,20)(H,18,19). The van der Waals surface area contributed by atoms with Crippen LogP contribution in [0.2, 0.25) is 0 Å². The Balaban J connectivity index is 1.98.